The molecule has 1 aliphatic heterocycles. The number of morpholine rings is 1. The van der Waals surface area contributed by atoms with E-state index in [1.807, 2.05) is 31.2 Å². The van der Waals surface area contributed by atoms with Crippen LogP contribution in [0.2, 0.25) is 0 Å². The van der Waals surface area contributed by atoms with Crippen molar-refractivity contribution < 1.29 is 23.5 Å². The molecule has 0 aliphatic carbocycles. The maximum atomic E-state index is 13.1. The predicted molar refractivity (Wildman–Crippen MR) is 126 cm³/mol. The van der Waals surface area contributed by atoms with Crippen LogP contribution in [-0.2, 0) is 24.3 Å². The van der Waals surface area contributed by atoms with Gasteiger partial charge in [0.05, 0.1) is 25.1 Å². The highest BCUT2D eigenvalue weighted by Crippen LogP contribution is 2.21. The maximum Gasteiger partial charge on any atom is 0.291 e. The number of hydrogen-bond donors (Lipinski definition) is 1. The number of anilines is 1. The Morgan fingerprint density at radius 2 is 1.85 bits per heavy atom. The van der Waals surface area contributed by atoms with Crippen molar-refractivity contribution in [2.45, 2.75) is 39.8 Å². The summed E-state index contributed by atoms with van der Waals surface area (Å²) in [6.07, 6.45) is 3.62. The molecule has 1 fully saturated rings. The minimum Gasteiger partial charge on any atom is -0.486 e. The van der Waals surface area contributed by atoms with Crippen molar-refractivity contribution in [1.29, 1.82) is 0 Å². The number of nitrogens with zero attached hydrogens (tertiary/aromatic N) is 3. The number of amides is 2. The van der Waals surface area contributed by atoms with Crippen molar-refractivity contribution in [2.75, 3.05) is 31.6 Å². The van der Waals surface area contributed by atoms with Gasteiger partial charge in [-0.05, 0) is 43.2 Å². The zero-order valence-electron chi connectivity index (χ0n) is 19.6. The van der Waals surface area contributed by atoms with E-state index in [0.717, 1.165) is 18.6 Å². The van der Waals surface area contributed by atoms with Gasteiger partial charge in [0.25, 0.3) is 11.8 Å². The Hall–Kier alpha value is -3.59. The van der Waals surface area contributed by atoms with Crippen LogP contribution in [-0.4, -0.2) is 52.8 Å². The minimum atomic E-state index is -0.457. The summed E-state index contributed by atoms with van der Waals surface area (Å²) >= 11 is 0. The number of aromatic nitrogens is 2. The monoisotopic (exact) mass is 466 g/mol. The lowest BCUT2D eigenvalue weighted by Crippen LogP contribution is -2.41. The van der Waals surface area contributed by atoms with Gasteiger partial charge < -0.3 is 24.1 Å². The van der Waals surface area contributed by atoms with Gasteiger partial charge in [-0.1, -0.05) is 25.5 Å². The molecule has 0 unspecified atom stereocenters. The molecule has 2 aromatic heterocycles. The molecular weight excluding hydrogens is 436 g/mol. The number of carbonyl (C=O) groups is 2. The van der Waals surface area contributed by atoms with Crippen LogP contribution in [0.3, 0.4) is 0 Å². The van der Waals surface area contributed by atoms with E-state index in [4.69, 9.17) is 13.9 Å². The molecule has 0 saturated carbocycles. The highest BCUT2D eigenvalue weighted by atomic mass is 16.5. The lowest BCUT2D eigenvalue weighted by molar-refractivity contribution is 0.0295. The Balaban J connectivity index is 1.40. The number of aryl methyl sites for hydroxylation is 2. The van der Waals surface area contributed by atoms with E-state index in [0.29, 0.717) is 50.0 Å². The topological polar surface area (TPSA) is 98.8 Å². The minimum absolute atomic E-state index is 0.130. The lowest BCUT2D eigenvalue weighted by Gasteiger charge is -2.27. The van der Waals surface area contributed by atoms with Crippen LogP contribution in [0.25, 0.3) is 0 Å². The van der Waals surface area contributed by atoms with Crippen LogP contribution >= 0.6 is 0 Å². The van der Waals surface area contributed by atoms with Gasteiger partial charge in [0.1, 0.15) is 23.8 Å². The molecule has 1 aromatic carbocycles. The van der Waals surface area contributed by atoms with Crippen molar-refractivity contribution in [3.63, 3.8) is 0 Å². The summed E-state index contributed by atoms with van der Waals surface area (Å²) in [5.74, 6) is 0.751. The number of carbonyl (C=O) groups excluding carboxylic acids is 2. The fourth-order valence-electron chi connectivity index (χ4n) is 3.82. The third-order valence-electron chi connectivity index (χ3n) is 5.62. The first-order valence-electron chi connectivity index (χ1n) is 11.6. The SMILES string of the molecule is CCCc1ccc(OCc2ccc(C(=O)Nc3cnn(CC)c3C(=O)N3CCOCC3)o2)cc1. The molecule has 4 rings (SSSR count). The fraction of sp³-hybridized carbons (Fsp3) is 0.400. The zero-order valence-corrected chi connectivity index (χ0v) is 19.6. The molecule has 0 spiro atoms. The van der Waals surface area contributed by atoms with Gasteiger partial charge in [-0.25, -0.2) is 0 Å². The highest BCUT2D eigenvalue weighted by molar-refractivity contribution is 6.07. The standard InChI is InChI=1S/C25H30N4O5/c1-3-5-18-6-8-19(9-7-18)33-17-20-10-11-22(34-20)24(30)27-21-16-26-29(4-2)23(21)25(31)28-12-14-32-15-13-28/h6-11,16H,3-5,12-15,17H2,1-2H3,(H,27,30). The smallest absolute Gasteiger partial charge is 0.291 e. The van der Waals surface area contributed by atoms with Gasteiger partial charge in [0.2, 0.25) is 0 Å². The highest BCUT2D eigenvalue weighted by Gasteiger charge is 2.26. The molecule has 9 heteroatoms. The van der Waals surface area contributed by atoms with Gasteiger partial charge >= 0.3 is 0 Å². The largest absolute Gasteiger partial charge is 0.486 e. The molecular formula is C25H30N4O5. The number of nitrogens with one attached hydrogen (secondary N) is 1. The number of ether oxygens (including phenoxy) is 2. The second-order valence-electron chi connectivity index (χ2n) is 8.03. The summed E-state index contributed by atoms with van der Waals surface area (Å²) in [6.45, 7) is 6.74. The molecule has 3 heterocycles. The summed E-state index contributed by atoms with van der Waals surface area (Å²) in [5, 5.41) is 7.03. The van der Waals surface area contributed by atoms with Crippen LogP contribution in [0.5, 0.6) is 5.75 Å². The third-order valence-corrected chi connectivity index (χ3v) is 5.62. The van der Waals surface area contributed by atoms with E-state index in [-0.39, 0.29) is 18.3 Å². The van der Waals surface area contributed by atoms with Gasteiger partial charge in [0.15, 0.2) is 5.76 Å². The first-order valence-corrected chi connectivity index (χ1v) is 11.6. The molecule has 180 valence electrons. The van der Waals surface area contributed by atoms with Crippen LogP contribution in [0, 0.1) is 0 Å². The fourth-order valence-corrected chi connectivity index (χ4v) is 3.82. The molecule has 1 saturated heterocycles. The molecule has 2 amide bonds. The predicted octanol–water partition coefficient (Wildman–Crippen LogP) is 3.75. The second kappa shape index (κ2) is 11.0. The molecule has 1 N–H and O–H groups in total. The summed E-state index contributed by atoms with van der Waals surface area (Å²) < 4.78 is 18.4. The Morgan fingerprint density at radius 3 is 2.56 bits per heavy atom. The Morgan fingerprint density at radius 1 is 1.09 bits per heavy atom. The Bertz CT molecular complexity index is 1110. The molecule has 0 atom stereocenters. The average molecular weight is 467 g/mol. The number of hydrogen-bond acceptors (Lipinski definition) is 6. The summed E-state index contributed by atoms with van der Waals surface area (Å²) in [5.41, 5.74) is 1.97. The molecule has 0 radical (unpaired) electrons. The van der Waals surface area contributed by atoms with Crippen molar-refractivity contribution in [2.24, 2.45) is 0 Å². The van der Waals surface area contributed by atoms with Gasteiger partial charge in [-0.3, -0.25) is 14.3 Å². The molecule has 1 aliphatic rings. The second-order valence-corrected chi connectivity index (χ2v) is 8.03. The maximum absolute atomic E-state index is 13.1. The summed E-state index contributed by atoms with van der Waals surface area (Å²) in [7, 11) is 0. The van der Waals surface area contributed by atoms with Gasteiger partial charge in [0, 0.05) is 19.6 Å². The first kappa shape index (κ1) is 23.6. The van der Waals surface area contributed by atoms with E-state index in [1.165, 1.54) is 11.8 Å². The van der Waals surface area contributed by atoms with Crippen LogP contribution in [0.4, 0.5) is 5.69 Å². The van der Waals surface area contributed by atoms with E-state index in [2.05, 4.69) is 17.3 Å². The number of rotatable bonds is 9. The normalized spacial score (nSPS) is 13.6. The van der Waals surface area contributed by atoms with Crippen molar-refractivity contribution in [1.82, 2.24) is 14.7 Å². The van der Waals surface area contributed by atoms with E-state index in [9.17, 15) is 9.59 Å². The van der Waals surface area contributed by atoms with Crippen LogP contribution in [0.1, 0.15) is 52.6 Å². The van der Waals surface area contributed by atoms with E-state index in [1.54, 1.807) is 21.7 Å². The van der Waals surface area contributed by atoms with E-state index < -0.39 is 5.91 Å². The molecule has 34 heavy (non-hydrogen) atoms. The Labute approximate surface area is 198 Å². The van der Waals surface area contributed by atoms with Crippen LogP contribution < -0.4 is 10.1 Å². The van der Waals surface area contributed by atoms with Crippen molar-refractivity contribution in [3.05, 3.63) is 65.4 Å². The molecule has 0 bridgehead atoms. The van der Waals surface area contributed by atoms with Crippen LogP contribution in [0.15, 0.2) is 47.0 Å². The van der Waals surface area contributed by atoms with Gasteiger partial charge in [-0.2, -0.15) is 5.10 Å². The Kier molecular flexibility index (Phi) is 7.64. The molecule has 9 nitrogen and oxygen atoms in total. The zero-order chi connectivity index (χ0) is 23.9. The van der Waals surface area contributed by atoms with Gasteiger partial charge in [-0.15, -0.1) is 0 Å². The average Bonchev–Trinajstić information content (AvgIpc) is 3.51. The van der Waals surface area contributed by atoms with Crippen molar-refractivity contribution >= 4 is 17.5 Å². The first-order chi connectivity index (χ1) is 16.6. The summed E-state index contributed by atoms with van der Waals surface area (Å²) in [6, 6.07) is 11.2. The lowest BCUT2D eigenvalue weighted by atomic mass is 10.1. The quantitative estimate of drug-likeness (QED) is 0.516. The van der Waals surface area contributed by atoms with Crippen molar-refractivity contribution in [3.8, 4) is 5.75 Å². The van der Waals surface area contributed by atoms with E-state index >= 15 is 0 Å². The summed E-state index contributed by atoms with van der Waals surface area (Å²) in [4.78, 5) is 27.6. The third kappa shape index (κ3) is 5.48. The number of furan rings is 1. The molecule has 3 aromatic rings. The number of benzene rings is 1.